The first-order chi connectivity index (χ1) is 8.63. The van der Waals surface area contributed by atoms with Crippen LogP contribution in [0.2, 0.25) is 0 Å². The summed E-state index contributed by atoms with van der Waals surface area (Å²) < 4.78 is 0. The molecule has 0 saturated carbocycles. The summed E-state index contributed by atoms with van der Waals surface area (Å²) in [6.07, 6.45) is 2.66. The Morgan fingerprint density at radius 3 is 2.83 bits per heavy atom. The van der Waals surface area contributed by atoms with Crippen molar-refractivity contribution < 1.29 is 9.90 Å². The molecule has 0 saturated heterocycles. The quantitative estimate of drug-likeness (QED) is 0.735. The zero-order valence-corrected chi connectivity index (χ0v) is 9.77. The molecule has 94 valence electrons. The summed E-state index contributed by atoms with van der Waals surface area (Å²) in [7, 11) is 0. The van der Waals surface area contributed by atoms with E-state index < -0.39 is 5.91 Å². The lowest BCUT2D eigenvalue weighted by Gasteiger charge is -2.04. The van der Waals surface area contributed by atoms with Gasteiger partial charge in [0.25, 0.3) is 5.91 Å². The maximum Gasteiger partial charge on any atom is 0.254 e. The molecule has 0 fully saturated rings. The van der Waals surface area contributed by atoms with Crippen molar-refractivity contribution in [3.8, 4) is 0 Å². The molecule has 4 N–H and O–H groups in total. The first-order valence-corrected chi connectivity index (χ1v) is 5.68. The average molecular weight is 246 g/mol. The Morgan fingerprint density at radius 2 is 2.17 bits per heavy atom. The molecule has 1 amide bonds. The molecule has 0 aliphatic rings. The van der Waals surface area contributed by atoms with Crippen LogP contribution < -0.4 is 11.2 Å². The van der Waals surface area contributed by atoms with Gasteiger partial charge in [-0.15, -0.1) is 0 Å². The van der Waals surface area contributed by atoms with Crippen molar-refractivity contribution in [2.24, 2.45) is 5.73 Å². The van der Waals surface area contributed by atoms with Crippen LogP contribution in [0.15, 0.2) is 29.2 Å². The fourth-order valence-corrected chi connectivity index (χ4v) is 1.89. The SMILES string of the molecule is NC(=O)c1c[nH]c2ccc(CCCO)cc2c1=O. The van der Waals surface area contributed by atoms with Crippen molar-refractivity contribution in [3.63, 3.8) is 0 Å². The number of H-pyrrole nitrogens is 1. The summed E-state index contributed by atoms with van der Waals surface area (Å²) in [6, 6.07) is 5.41. The van der Waals surface area contributed by atoms with E-state index in [0.717, 1.165) is 5.56 Å². The Morgan fingerprint density at radius 1 is 1.39 bits per heavy atom. The summed E-state index contributed by atoms with van der Waals surface area (Å²) in [5.74, 6) is -0.737. The van der Waals surface area contributed by atoms with Gasteiger partial charge in [-0.05, 0) is 30.5 Å². The number of nitrogens with two attached hydrogens (primary N) is 1. The highest BCUT2D eigenvalue weighted by Gasteiger charge is 2.09. The summed E-state index contributed by atoms with van der Waals surface area (Å²) >= 11 is 0. The molecule has 18 heavy (non-hydrogen) atoms. The largest absolute Gasteiger partial charge is 0.396 e. The van der Waals surface area contributed by atoms with E-state index in [1.807, 2.05) is 6.07 Å². The van der Waals surface area contributed by atoms with Gasteiger partial charge < -0.3 is 15.8 Å². The van der Waals surface area contributed by atoms with E-state index in [-0.39, 0.29) is 17.6 Å². The number of amides is 1. The van der Waals surface area contributed by atoms with E-state index in [9.17, 15) is 9.59 Å². The van der Waals surface area contributed by atoms with Crippen LogP contribution in [0.3, 0.4) is 0 Å². The standard InChI is InChI=1S/C13H14N2O3/c14-13(18)10-7-15-11-4-3-8(2-1-5-16)6-9(11)12(10)17/h3-4,6-7,16H,1-2,5H2,(H2,14,18)(H,15,17). The molecule has 2 rings (SSSR count). The highest BCUT2D eigenvalue weighted by atomic mass is 16.2. The Balaban J connectivity index is 2.56. The van der Waals surface area contributed by atoms with Crippen LogP contribution in [-0.4, -0.2) is 22.6 Å². The van der Waals surface area contributed by atoms with Crippen LogP contribution in [0.25, 0.3) is 10.9 Å². The lowest BCUT2D eigenvalue weighted by molar-refractivity contribution is 0.0999. The van der Waals surface area contributed by atoms with Crippen LogP contribution in [0.4, 0.5) is 0 Å². The zero-order chi connectivity index (χ0) is 13.1. The molecule has 0 unspecified atom stereocenters. The molecular weight excluding hydrogens is 232 g/mol. The predicted molar refractivity (Wildman–Crippen MR) is 68.5 cm³/mol. The second-order valence-electron chi connectivity index (χ2n) is 4.10. The van der Waals surface area contributed by atoms with Crippen molar-refractivity contribution in [1.29, 1.82) is 0 Å². The number of aryl methyl sites for hydroxylation is 1. The number of fused-ring (bicyclic) bond motifs is 1. The maximum absolute atomic E-state index is 12.0. The number of aliphatic hydroxyl groups is 1. The molecule has 0 bridgehead atoms. The zero-order valence-electron chi connectivity index (χ0n) is 9.77. The number of aromatic amines is 1. The third kappa shape index (κ3) is 2.26. The highest BCUT2D eigenvalue weighted by molar-refractivity contribution is 5.96. The fraction of sp³-hybridized carbons (Fsp3) is 0.231. The monoisotopic (exact) mass is 246 g/mol. The van der Waals surface area contributed by atoms with Crippen molar-refractivity contribution in [2.45, 2.75) is 12.8 Å². The van der Waals surface area contributed by atoms with Crippen molar-refractivity contribution in [1.82, 2.24) is 4.98 Å². The molecular formula is C13H14N2O3. The molecule has 2 aromatic rings. The maximum atomic E-state index is 12.0. The normalized spacial score (nSPS) is 10.7. The molecule has 0 aliphatic heterocycles. The lowest BCUT2D eigenvalue weighted by Crippen LogP contribution is -2.22. The number of benzene rings is 1. The highest BCUT2D eigenvalue weighted by Crippen LogP contribution is 2.12. The van der Waals surface area contributed by atoms with Gasteiger partial charge in [-0.3, -0.25) is 9.59 Å². The number of hydrogen-bond donors (Lipinski definition) is 3. The summed E-state index contributed by atoms with van der Waals surface area (Å²) in [5.41, 5.74) is 6.35. The smallest absolute Gasteiger partial charge is 0.254 e. The number of nitrogens with one attached hydrogen (secondary N) is 1. The van der Waals surface area contributed by atoms with Gasteiger partial charge in [0, 0.05) is 23.7 Å². The number of rotatable bonds is 4. The molecule has 5 nitrogen and oxygen atoms in total. The minimum Gasteiger partial charge on any atom is -0.396 e. The van der Waals surface area contributed by atoms with Gasteiger partial charge in [0.15, 0.2) is 0 Å². The number of primary amides is 1. The van der Waals surface area contributed by atoms with Crippen molar-refractivity contribution in [3.05, 3.63) is 45.7 Å². The minimum absolute atomic E-state index is 0.0400. The summed E-state index contributed by atoms with van der Waals surface area (Å²) in [5, 5.41) is 9.23. The van der Waals surface area contributed by atoms with E-state index in [1.165, 1.54) is 6.20 Å². The van der Waals surface area contributed by atoms with Gasteiger partial charge in [0.1, 0.15) is 5.56 Å². The van der Waals surface area contributed by atoms with Crippen molar-refractivity contribution >= 4 is 16.8 Å². The van der Waals surface area contributed by atoms with Gasteiger partial charge in [0.2, 0.25) is 5.43 Å². The fourth-order valence-electron chi connectivity index (χ4n) is 1.89. The van der Waals surface area contributed by atoms with Crippen LogP contribution in [0.5, 0.6) is 0 Å². The van der Waals surface area contributed by atoms with Crippen LogP contribution in [0, 0.1) is 0 Å². The second-order valence-corrected chi connectivity index (χ2v) is 4.10. The van der Waals surface area contributed by atoms with Crippen LogP contribution in [0.1, 0.15) is 22.3 Å². The Hall–Kier alpha value is -2.14. The molecule has 0 radical (unpaired) electrons. The van der Waals surface area contributed by atoms with E-state index in [0.29, 0.717) is 23.7 Å². The Bertz CT molecular complexity index is 646. The molecule has 5 heteroatoms. The summed E-state index contributed by atoms with van der Waals surface area (Å²) in [6.45, 7) is 0.107. The minimum atomic E-state index is -0.737. The number of aromatic nitrogens is 1. The summed E-state index contributed by atoms with van der Waals surface area (Å²) in [4.78, 5) is 26.0. The number of carbonyl (C=O) groups excluding carboxylic acids is 1. The molecule has 0 aliphatic carbocycles. The van der Waals surface area contributed by atoms with E-state index >= 15 is 0 Å². The van der Waals surface area contributed by atoms with Gasteiger partial charge in [-0.2, -0.15) is 0 Å². The molecule has 0 atom stereocenters. The molecule has 1 aromatic carbocycles. The molecule has 0 spiro atoms. The third-order valence-corrected chi connectivity index (χ3v) is 2.83. The number of carbonyl (C=O) groups is 1. The first-order valence-electron chi connectivity index (χ1n) is 5.68. The van der Waals surface area contributed by atoms with Gasteiger partial charge >= 0.3 is 0 Å². The van der Waals surface area contributed by atoms with E-state index in [2.05, 4.69) is 4.98 Å². The Kier molecular flexibility index (Phi) is 3.43. The lowest BCUT2D eigenvalue weighted by atomic mass is 10.1. The van der Waals surface area contributed by atoms with E-state index in [4.69, 9.17) is 10.8 Å². The third-order valence-electron chi connectivity index (χ3n) is 2.83. The van der Waals surface area contributed by atoms with Crippen LogP contribution >= 0.6 is 0 Å². The molecule has 1 heterocycles. The number of aliphatic hydroxyl groups excluding tert-OH is 1. The second kappa shape index (κ2) is 5.01. The topological polar surface area (TPSA) is 96.2 Å². The molecule has 1 aromatic heterocycles. The first kappa shape index (κ1) is 12.3. The van der Waals surface area contributed by atoms with Gasteiger partial charge in [0.05, 0.1) is 0 Å². The van der Waals surface area contributed by atoms with Gasteiger partial charge in [-0.25, -0.2) is 0 Å². The van der Waals surface area contributed by atoms with Crippen molar-refractivity contribution in [2.75, 3.05) is 6.61 Å². The van der Waals surface area contributed by atoms with Gasteiger partial charge in [-0.1, -0.05) is 6.07 Å². The van der Waals surface area contributed by atoms with Crippen LogP contribution in [-0.2, 0) is 6.42 Å². The van der Waals surface area contributed by atoms with E-state index in [1.54, 1.807) is 12.1 Å². The average Bonchev–Trinajstić information content (AvgIpc) is 2.36. The predicted octanol–water partition coefficient (Wildman–Crippen LogP) is 0.552. The number of hydrogen-bond acceptors (Lipinski definition) is 3. The Labute approximate surface area is 103 Å². The number of pyridine rings is 1.